The minimum atomic E-state index is -1.74. The van der Waals surface area contributed by atoms with E-state index < -0.39 is 21.7 Å². The predicted octanol–water partition coefficient (Wildman–Crippen LogP) is 17.1. The molecule has 6 aromatic heterocycles. The van der Waals surface area contributed by atoms with Gasteiger partial charge in [-0.2, -0.15) is 0 Å². The van der Waals surface area contributed by atoms with Gasteiger partial charge in [-0.25, -0.2) is 39.9 Å². The molecule has 10 aliphatic rings. The summed E-state index contributed by atoms with van der Waals surface area (Å²) in [5, 5.41) is 9.69. The van der Waals surface area contributed by atoms with Gasteiger partial charge in [-0.05, 0) is 21.5 Å². The van der Waals surface area contributed by atoms with Gasteiger partial charge in [0.25, 0.3) is 0 Å². The normalized spacial score (nSPS) is 14.6. The van der Waals surface area contributed by atoms with Gasteiger partial charge in [0, 0.05) is 95.4 Å². The Bertz CT molecular complexity index is 7870. The molecule has 0 saturated heterocycles. The third kappa shape index (κ3) is 10.9. The fourth-order valence-electron chi connectivity index (χ4n) is 17.4. The van der Waals surface area contributed by atoms with Crippen molar-refractivity contribution >= 4 is 180 Å². The van der Waals surface area contributed by atoms with Crippen LogP contribution in [-0.4, -0.2) is 120 Å². The third-order valence-corrected chi connectivity index (χ3v) is 26.6. The molecule has 2 radical (unpaired) electrons. The maximum Gasteiger partial charge on any atom is 0.164 e. The van der Waals surface area contributed by atoms with Crippen molar-refractivity contribution in [3.8, 4) is 45.6 Å². The molecule has 1 aliphatic carbocycles. The Kier molecular flexibility index (Phi) is 15.5. The molecule has 9 aliphatic heterocycles. The number of aromatic nitrogens is 11. The molecular formula is C97H51N23SnZn. The third-order valence-electron chi connectivity index (χ3n) is 23.0. The molecule has 1 N–H and O–H groups in total. The Morgan fingerprint density at radius 3 is 0.787 bits per heavy atom. The van der Waals surface area contributed by atoms with Gasteiger partial charge in [0.15, 0.2) is 23.3 Å². The Balaban J connectivity index is 0.000000100. The van der Waals surface area contributed by atoms with E-state index >= 15 is 0 Å². The number of hydrogen-bond donors (Lipinski definition) is 1. The van der Waals surface area contributed by atoms with Crippen LogP contribution in [0.3, 0.4) is 0 Å². The van der Waals surface area contributed by atoms with Gasteiger partial charge < -0.3 is 34.9 Å². The zero-order chi connectivity index (χ0) is 79.1. The first-order valence-electron chi connectivity index (χ1n) is 39.4. The Hall–Kier alpha value is -15.7. The molecule has 28 rings (SSSR count). The van der Waals surface area contributed by atoms with Crippen molar-refractivity contribution in [2.24, 2.45) is 59.9 Å². The first-order chi connectivity index (χ1) is 59.9. The van der Waals surface area contributed by atoms with Crippen molar-refractivity contribution in [2.75, 3.05) is 0 Å². The number of hydrogen-bond acceptors (Lipinski definition) is 18. The number of aliphatic imine (C=N–C) groups is 10. The summed E-state index contributed by atoms with van der Waals surface area (Å²) in [5.74, 6) is 10.6. The molecular weight excluding hydrogens is 1670 g/mol. The van der Waals surface area contributed by atoms with Gasteiger partial charge in [0.1, 0.15) is 11.6 Å². The van der Waals surface area contributed by atoms with Crippen LogP contribution in [0.1, 0.15) is 62.1 Å². The Morgan fingerprint density at radius 2 is 0.467 bits per heavy atom. The molecule has 0 spiro atoms. The van der Waals surface area contributed by atoms with E-state index in [2.05, 4.69) is 108 Å². The quantitative estimate of drug-likeness (QED) is 0.142. The molecule has 0 unspecified atom stereocenters. The SMILES string of the molecule is [Zn+2].c1ccc2c(c1)-c1nc-2nc2[n-]c(nc3nc(nc4[n-]c(n1)c1ccccc41)-c1ccccc1-3)c1ccccc21.c1ccc2c(c1)C1=NC2=Nc2c3ccccc3c3[n]2[Sn][n]2c(c4ccccc4c2=NC2=NC(=N3)c3ccccc32)=N1.c1ccc2c(c1)C1=NC3=NC(=Nc4[nH]c(c5ccccc45)N=C4N=C(N=C2C1)c1ccccc14)c1ccccc13. The summed E-state index contributed by atoms with van der Waals surface area (Å²) < 4.78 is 4.65. The molecule has 0 amide bonds. The molecule has 0 saturated carbocycles. The molecule has 23 nitrogen and oxygen atoms in total. The van der Waals surface area contributed by atoms with Gasteiger partial charge in [-0.15, -0.1) is 0 Å². The second-order valence-electron chi connectivity index (χ2n) is 29.9. The number of nitrogens with zero attached hydrogens (tertiary/aromatic N) is 22. The van der Waals surface area contributed by atoms with Crippen LogP contribution in [0.4, 0.5) is 23.3 Å². The van der Waals surface area contributed by atoms with Crippen LogP contribution in [0.2, 0.25) is 0 Å². The molecule has 22 bridgehead atoms. The summed E-state index contributed by atoms with van der Waals surface area (Å²) >= 11 is -1.74. The summed E-state index contributed by atoms with van der Waals surface area (Å²) in [6, 6.07) is 97.7. The monoisotopic (exact) mass is 1720 g/mol. The number of H-pyrrole nitrogens is 1. The van der Waals surface area contributed by atoms with E-state index in [0.717, 1.165) is 166 Å². The fourth-order valence-corrected chi connectivity index (χ4v) is 21.0. The zero-order valence-electron chi connectivity index (χ0n) is 64.0. The van der Waals surface area contributed by atoms with Gasteiger partial charge >= 0.3 is 264 Å². The van der Waals surface area contributed by atoms with Crippen LogP contribution < -0.4 is 20.9 Å². The molecule has 560 valence electrons. The topological polar surface area (TPSA) is 280 Å². The first-order valence-corrected chi connectivity index (χ1v) is 42.0. The van der Waals surface area contributed by atoms with E-state index in [0.29, 0.717) is 111 Å². The van der Waals surface area contributed by atoms with Gasteiger partial charge in [-0.1, -0.05) is 194 Å². The van der Waals surface area contributed by atoms with Crippen LogP contribution >= 0.6 is 0 Å². The minimum absolute atomic E-state index is 0. The van der Waals surface area contributed by atoms with E-state index in [1.54, 1.807) is 0 Å². The van der Waals surface area contributed by atoms with Crippen LogP contribution in [0.5, 0.6) is 0 Å². The number of amidine groups is 8. The molecule has 18 aromatic rings. The van der Waals surface area contributed by atoms with Gasteiger partial charge in [0.2, 0.25) is 0 Å². The zero-order valence-corrected chi connectivity index (χ0v) is 69.8. The summed E-state index contributed by atoms with van der Waals surface area (Å²) in [6.07, 6.45) is 0.586. The van der Waals surface area contributed by atoms with Crippen molar-refractivity contribution in [2.45, 2.75) is 6.42 Å². The molecule has 15 heterocycles. The second kappa shape index (κ2) is 27.2. The van der Waals surface area contributed by atoms with Crippen molar-refractivity contribution < 1.29 is 19.5 Å². The summed E-state index contributed by atoms with van der Waals surface area (Å²) in [5.41, 5.74) is 19.3. The number of nitrogens with one attached hydrogen (secondary N) is 1. The molecule has 122 heavy (non-hydrogen) atoms. The van der Waals surface area contributed by atoms with E-state index in [1.165, 1.54) is 0 Å². The maximum absolute atomic E-state index is 5.26. The van der Waals surface area contributed by atoms with Gasteiger partial charge in [-0.3, -0.25) is 0 Å². The molecule has 25 heteroatoms. The second-order valence-corrected chi connectivity index (χ2v) is 33.0. The number of benzene rings is 12. The van der Waals surface area contributed by atoms with Crippen molar-refractivity contribution in [1.82, 2.24) is 50.4 Å². The van der Waals surface area contributed by atoms with Crippen molar-refractivity contribution in [3.05, 3.63) is 358 Å². The molecule has 12 aromatic carbocycles. The standard InChI is InChI=1S/C33H19N7.2C32H16N8.Sn.Zn/c1-2-10-19-18(9-1)26-17-27(19)35-29-21-12-4-6-14-23(21)31(37-29)39-33-25-16-8-7-15-24(25)32(40-33)38-30-22-13-5-3-11-20(22)28(34-26)36-30;2*1-2-10-18-17(9-1)25-33-26(18)38-28-21-13-5-6-14-22(21)30(35-28)40-32-24-16-8-7-15-23(24)31(36-32)39-29-20-12-4-3-11-19(20)27(34-29)37-25;;/h1-16H,17H2,(H,34,35,36,37,38,39,40);2*1-16H;;/q;2*-2;2*+2. The van der Waals surface area contributed by atoms with Crippen molar-refractivity contribution in [1.29, 1.82) is 0 Å². The van der Waals surface area contributed by atoms with E-state index in [1.807, 2.05) is 194 Å². The summed E-state index contributed by atoms with van der Waals surface area (Å²) in [4.78, 5) is 104. The minimum Gasteiger partial charge on any atom is -0.324 e. The summed E-state index contributed by atoms with van der Waals surface area (Å²) in [6.45, 7) is 0. The van der Waals surface area contributed by atoms with Crippen LogP contribution in [0.15, 0.2) is 351 Å². The van der Waals surface area contributed by atoms with Crippen molar-refractivity contribution in [3.63, 3.8) is 0 Å². The van der Waals surface area contributed by atoms with E-state index in [4.69, 9.17) is 99.8 Å². The molecule has 0 atom stereocenters. The predicted molar refractivity (Wildman–Crippen MR) is 476 cm³/mol. The number of rotatable bonds is 0. The van der Waals surface area contributed by atoms with Gasteiger partial charge in [0.05, 0.1) is 34.7 Å². The van der Waals surface area contributed by atoms with E-state index in [-0.39, 0.29) is 19.5 Å². The Labute approximate surface area is 713 Å². The molecule has 0 fully saturated rings. The summed E-state index contributed by atoms with van der Waals surface area (Å²) in [7, 11) is 0. The largest absolute Gasteiger partial charge is 0.324 e. The average Bonchev–Trinajstić information content (AvgIpc) is 1.56. The smallest absolute Gasteiger partial charge is 0.164 e. The fraction of sp³-hybridized carbons (Fsp3) is 0.0103. The average molecular weight is 1720 g/mol. The first kappa shape index (κ1) is 69.5. The van der Waals surface area contributed by atoms with Crippen LogP contribution in [-0.2, 0) is 19.5 Å². The van der Waals surface area contributed by atoms with Crippen LogP contribution in [0, 0.1) is 0 Å². The van der Waals surface area contributed by atoms with Crippen LogP contribution in [0.25, 0.3) is 122 Å². The number of aromatic amines is 1. The number of fused-ring (bicyclic) bond motifs is 52. The Morgan fingerprint density at radius 1 is 0.221 bits per heavy atom. The van der Waals surface area contributed by atoms with E-state index in [9.17, 15) is 0 Å². The maximum atomic E-state index is 5.26.